The Labute approximate surface area is 341 Å². The van der Waals surface area contributed by atoms with Gasteiger partial charge in [0.05, 0.1) is 31.9 Å². The number of halogens is 1. The molecule has 17 heteroatoms. The Bertz CT molecular complexity index is 1950. The van der Waals surface area contributed by atoms with Crippen LogP contribution in [-0.2, 0) is 20.9 Å². The van der Waals surface area contributed by atoms with E-state index in [-0.39, 0.29) is 67.3 Å². The molecular formula is C41H53FN8O7S. The number of nitrogens with one attached hydrogen (secondary N) is 8. The molecule has 0 aliphatic carbocycles. The molecule has 3 aromatic rings. The minimum Gasteiger partial charge on any atom is -0.496 e. The fourth-order valence-electron chi connectivity index (χ4n) is 7.03. The first-order valence-corrected chi connectivity index (χ1v) is 20.6. The first-order chi connectivity index (χ1) is 28.1. The van der Waals surface area contributed by atoms with Crippen LogP contribution in [0.5, 0.6) is 11.5 Å². The smallest absolute Gasteiger partial charge is 0.315 e. The minimum absolute atomic E-state index is 0.0480. The van der Waals surface area contributed by atoms with Crippen LogP contribution in [0.15, 0.2) is 54.6 Å². The molecule has 15 nitrogen and oxygen atoms in total. The van der Waals surface area contributed by atoms with E-state index in [9.17, 15) is 28.4 Å². The summed E-state index contributed by atoms with van der Waals surface area (Å²) in [6.07, 6.45) is 4.26. The maximum absolute atomic E-state index is 13.6. The fourth-order valence-corrected chi connectivity index (χ4v) is 8.58. The summed E-state index contributed by atoms with van der Waals surface area (Å²) < 4.78 is 23.8. The molecule has 2 fully saturated rings. The van der Waals surface area contributed by atoms with Gasteiger partial charge in [-0.2, -0.15) is 11.8 Å². The van der Waals surface area contributed by atoms with Gasteiger partial charge in [0, 0.05) is 54.6 Å². The third-order valence-corrected chi connectivity index (χ3v) is 11.6. The molecule has 4 atom stereocenters. The van der Waals surface area contributed by atoms with Gasteiger partial charge in [-0.25, -0.2) is 9.18 Å². The van der Waals surface area contributed by atoms with Crippen molar-refractivity contribution in [3.05, 3.63) is 65.7 Å². The van der Waals surface area contributed by atoms with Crippen LogP contribution in [-0.4, -0.2) is 98.6 Å². The van der Waals surface area contributed by atoms with E-state index >= 15 is 0 Å². The van der Waals surface area contributed by atoms with Crippen LogP contribution >= 0.6 is 11.8 Å². The van der Waals surface area contributed by atoms with Gasteiger partial charge in [0.15, 0.2) is 0 Å². The van der Waals surface area contributed by atoms with Gasteiger partial charge in [-0.1, -0.05) is 30.7 Å². The Morgan fingerprint density at radius 1 is 0.897 bits per heavy atom. The maximum atomic E-state index is 13.6. The average Bonchev–Trinajstić information content (AvgIpc) is 3.79. The molecule has 0 spiro atoms. The van der Waals surface area contributed by atoms with Crippen molar-refractivity contribution in [3.63, 3.8) is 0 Å². The quantitative estimate of drug-likeness (QED) is 0.0316. The zero-order chi connectivity index (χ0) is 41.4. The summed E-state index contributed by atoms with van der Waals surface area (Å²) in [4.78, 5) is 63.8. The molecule has 0 saturated carbocycles. The van der Waals surface area contributed by atoms with Crippen LogP contribution in [0.2, 0.25) is 0 Å². The number of hydrogen-bond donors (Lipinski definition) is 8. The second-order valence-electron chi connectivity index (χ2n) is 14.2. The number of carbonyl (C=O) groups excluding carboxylic acids is 5. The van der Waals surface area contributed by atoms with Crippen LogP contribution in [0, 0.1) is 5.41 Å². The first-order valence-electron chi connectivity index (χ1n) is 19.5. The Balaban J connectivity index is 1.06. The molecular weight excluding hydrogens is 768 g/mol. The number of hydrogen-bond acceptors (Lipinski definition) is 9. The maximum Gasteiger partial charge on any atom is 0.315 e. The van der Waals surface area contributed by atoms with Gasteiger partial charge in [0.25, 0.3) is 5.91 Å². The average molecular weight is 821 g/mol. The molecule has 2 saturated heterocycles. The normalized spacial score (nSPS) is 17.3. The lowest BCUT2D eigenvalue weighted by Crippen LogP contribution is -2.47. The van der Waals surface area contributed by atoms with Crippen molar-refractivity contribution in [2.24, 2.45) is 0 Å². The molecule has 312 valence electrons. The Morgan fingerprint density at radius 3 is 2.47 bits per heavy atom. The largest absolute Gasteiger partial charge is 0.496 e. The van der Waals surface area contributed by atoms with Crippen LogP contribution in [0.1, 0.15) is 67.3 Å². The molecule has 3 aromatic carbocycles. The molecule has 2 aliphatic heterocycles. The number of carbonyl (C=O) groups is 5. The fraction of sp³-hybridized carbons (Fsp3) is 0.463. The number of urea groups is 1. The van der Waals surface area contributed by atoms with E-state index in [0.29, 0.717) is 53.8 Å². The lowest BCUT2D eigenvalue weighted by atomic mass is 10.0. The summed E-state index contributed by atoms with van der Waals surface area (Å²) >= 11 is 1.86. The Hall–Kier alpha value is -5.58. The van der Waals surface area contributed by atoms with E-state index in [1.54, 1.807) is 49.6 Å². The topological polar surface area (TPSA) is 212 Å². The SMILES string of the molecule is COc1cc2c(OC)cccc2cc1C(=O)N[C@@H](CCCNC(=N)CF)C(=O)NCc1cccc(NC(=O)CCCNC(=O)CCCC[C@@H]2SC[C@@H]3NC(=O)N[C@@H]32)c1. The molecule has 0 bridgehead atoms. The summed E-state index contributed by atoms with van der Waals surface area (Å²) in [5.41, 5.74) is 1.49. The van der Waals surface area contributed by atoms with Crippen molar-refractivity contribution in [3.8, 4) is 11.5 Å². The van der Waals surface area contributed by atoms with Gasteiger partial charge in [0.1, 0.15) is 30.1 Å². The molecule has 2 aliphatic rings. The van der Waals surface area contributed by atoms with Crippen LogP contribution in [0.3, 0.4) is 0 Å². The highest BCUT2D eigenvalue weighted by Crippen LogP contribution is 2.34. The minimum atomic E-state index is -0.970. The second-order valence-corrected chi connectivity index (χ2v) is 15.5. The zero-order valence-electron chi connectivity index (χ0n) is 32.8. The van der Waals surface area contributed by atoms with E-state index in [1.807, 2.05) is 23.9 Å². The summed E-state index contributed by atoms with van der Waals surface area (Å²) in [6.45, 7) is -0.209. The van der Waals surface area contributed by atoms with Gasteiger partial charge in [0.2, 0.25) is 17.7 Å². The highest BCUT2D eigenvalue weighted by molar-refractivity contribution is 8.00. The van der Waals surface area contributed by atoms with Crippen molar-refractivity contribution < 1.29 is 37.8 Å². The molecule has 0 radical (unpaired) electrons. The lowest BCUT2D eigenvalue weighted by molar-refractivity contribution is -0.123. The number of unbranched alkanes of at least 4 members (excludes halogenated alkanes) is 1. The zero-order valence-corrected chi connectivity index (χ0v) is 33.7. The number of alkyl halides is 1. The van der Waals surface area contributed by atoms with Crippen molar-refractivity contribution in [1.82, 2.24) is 31.9 Å². The van der Waals surface area contributed by atoms with Crippen molar-refractivity contribution in [2.45, 2.75) is 81.3 Å². The van der Waals surface area contributed by atoms with E-state index in [4.69, 9.17) is 14.9 Å². The van der Waals surface area contributed by atoms with Crippen LogP contribution in [0.25, 0.3) is 10.8 Å². The number of amides is 6. The van der Waals surface area contributed by atoms with E-state index in [1.165, 1.54) is 7.11 Å². The van der Waals surface area contributed by atoms with Gasteiger partial charge in [-0.3, -0.25) is 24.6 Å². The number of anilines is 1. The van der Waals surface area contributed by atoms with Crippen molar-refractivity contribution >= 4 is 63.7 Å². The monoisotopic (exact) mass is 820 g/mol. The summed E-state index contributed by atoms with van der Waals surface area (Å²) in [6, 6.07) is 15.2. The van der Waals surface area contributed by atoms with E-state index in [2.05, 4.69) is 37.2 Å². The number of fused-ring (bicyclic) bond motifs is 2. The number of methoxy groups -OCH3 is 2. The lowest BCUT2D eigenvalue weighted by Gasteiger charge is -2.20. The predicted octanol–water partition coefficient (Wildman–Crippen LogP) is 4.15. The molecule has 58 heavy (non-hydrogen) atoms. The number of amidine groups is 1. The van der Waals surface area contributed by atoms with Crippen LogP contribution < -0.4 is 46.7 Å². The van der Waals surface area contributed by atoms with Gasteiger partial charge in [-0.15, -0.1) is 0 Å². The number of rotatable bonds is 22. The standard InChI is InChI=1S/C41H53FN8O7S/c1-56-32-13-6-10-26-20-29(33(57-2)21-28(26)32)39(53)48-30(12-7-17-44-35(43)22-42)40(54)46-23-25-9-5-11-27(19-25)47-37(52)16-8-18-45-36(51)15-4-3-14-34-38-31(24-58-34)49-41(55)50-38/h5-6,9-11,13,19-21,30-31,34,38H,3-4,7-8,12,14-18,22-24H2,1-2H3,(H2,43,44)(H,45,51)(H,46,54)(H,47,52)(H,48,53)(H2,49,50,55)/t30-,31-,34-,38-/m0/s1. The van der Waals surface area contributed by atoms with E-state index in [0.717, 1.165) is 35.8 Å². The molecule has 2 heterocycles. The third kappa shape index (κ3) is 12.5. The third-order valence-electron chi connectivity index (χ3n) is 10.0. The van der Waals surface area contributed by atoms with Gasteiger partial charge >= 0.3 is 6.03 Å². The van der Waals surface area contributed by atoms with Crippen LogP contribution in [0.4, 0.5) is 14.9 Å². The van der Waals surface area contributed by atoms with E-state index < -0.39 is 24.5 Å². The molecule has 0 unspecified atom stereocenters. The highest BCUT2D eigenvalue weighted by Gasteiger charge is 2.42. The summed E-state index contributed by atoms with van der Waals surface area (Å²) in [7, 11) is 3.01. The summed E-state index contributed by atoms with van der Waals surface area (Å²) in [5, 5.41) is 29.4. The number of thioether (sulfide) groups is 1. The summed E-state index contributed by atoms with van der Waals surface area (Å²) in [5.74, 6) is 0.327. The molecule has 8 N–H and O–H groups in total. The second kappa shape index (κ2) is 21.8. The molecule has 5 rings (SSSR count). The predicted molar refractivity (Wildman–Crippen MR) is 222 cm³/mol. The molecule has 6 amide bonds. The Kier molecular flexibility index (Phi) is 16.4. The Morgan fingerprint density at radius 2 is 1.67 bits per heavy atom. The number of ether oxygens (including phenoxy) is 2. The van der Waals surface area contributed by atoms with Gasteiger partial charge < -0.3 is 46.7 Å². The molecule has 0 aromatic heterocycles. The number of benzene rings is 3. The van der Waals surface area contributed by atoms with Crippen molar-refractivity contribution in [1.29, 1.82) is 5.41 Å². The van der Waals surface area contributed by atoms with Gasteiger partial charge in [-0.05, 0) is 73.4 Å². The van der Waals surface area contributed by atoms with Crippen molar-refractivity contribution in [2.75, 3.05) is 45.1 Å². The highest BCUT2D eigenvalue weighted by atomic mass is 32.2. The first kappa shape index (κ1) is 43.5.